The van der Waals surface area contributed by atoms with Crippen molar-refractivity contribution in [3.8, 4) is 0 Å². The normalized spacial score (nSPS) is 32.0. The summed E-state index contributed by atoms with van der Waals surface area (Å²) in [5.41, 5.74) is -1.32. The van der Waals surface area contributed by atoms with Crippen molar-refractivity contribution in [2.24, 2.45) is 5.41 Å². The van der Waals surface area contributed by atoms with Crippen molar-refractivity contribution in [1.29, 1.82) is 0 Å². The van der Waals surface area contributed by atoms with Crippen LogP contribution in [0.3, 0.4) is 0 Å². The maximum absolute atomic E-state index is 15.8. The molecule has 2 heterocycles. The van der Waals surface area contributed by atoms with Gasteiger partial charge in [-0.05, 0) is 54.0 Å². The Hall–Kier alpha value is -2.30. The average Bonchev–Trinajstić information content (AvgIpc) is 3.42. The number of aliphatic hydroxyl groups excluding tert-OH is 2. The Bertz CT molecular complexity index is 1330. The van der Waals surface area contributed by atoms with Crippen molar-refractivity contribution in [2.45, 2.75) is 81.7 Å². The predicted octanol–water partition coefficient (Wildman–Crippen LogP) is 4.02. The van der Waals surface area contributed by atoms with Gasteiger partial charge >= 0.3 is 0 Å². The second kappa shape index (κ2) is 9.96. The summed E-state index contributed by atoms with van der Waals surface area (Å²) in [7, 11) is 0. The molecule has 2 aromatic carbocycles. The van der Waals surface area contributed by atoms with Crippen molar-refractivity contribution in [3.05, 3.63) is 63.1 Å². The van der Waals surface area contributed by atoms with E-state index in [1.165, 1.54) is 24.3 Å². The van der Waals surface area contributed by atoms with Crippen molar-refractivity contribution in [2.75, 3.05) is 5.32 Å². The zero-order valence-electron chi connectivity index (χ0n) is 21.7. The fourth-order valence-electron chi connectivity index (χ4n) is 6.57. The first kappa shape index (κ1) is 28.2. The molecular formula is C28H31Cl2F2N3O4. The molecule has 2 aliphatic heterocycles. The minimum atomic E-state index is -1.59. The third-order valence-corrected chi connectivity index (χ3v) is 8.72. The molecule has 1 aliphatic carbocycles. The fraction of sp³-hybridized carbons (Fsp3) is 0.500. The van der Waals surface area contributed by atoms with Gasteiger partial charge in [0.2, 0.25) is 11.8 Å². The van der Waals surface area contributed by atoms with Crippen molar-refractivity contribution in [3.63, 3.8) is 0 Å². The lowest BCUT2D eigenvalue weighted by Gasteiger charge is -2.37. The Balaban J connectivity index is 1.71. The highest BCUT2D eigenvalue weighted by molar-refractivity contribution is 6.31. The van der Waals surface area contributed by atoms with Crippen LogP contribution >= 0.6 is 23.2 Å². The Morgan fingerprint density at radius 2 is 1.79 bits per heavy atom. The molecule has 0 radical (unpaired) electrons. The van der Waals surface area contributed by atoms with Gasteiger partial charge in [0.05, 0.1) is 28.3 Å². The molecule has 1 unspecified atom stereocenters. The lowest BCUT2D eigenvalue weighted by atomic mass is 9.62. The van der Waals surface area contributed by atoms with Crippen molar-refractivity contribution >= 4 is 40.7 Å². The minimum absolute atomic E-state index is 0.0383. The summed E-state index contributed by atoms with van der Waals surface area (Å²) in [6.45, 7) is 5.92. The molecule has 210 valence electrons. The molecule has 11 heteroatoms. The minimum Gasteiger partial charge on any atom is -0.390 e. The molecule has 1 spiro atoms. The number of amides is 2. The number of carbonyl (C=O) groups excluding carboxylic acids is 2. The van der Waals surface area contributed by atoms with Crippen LogP contribution in [0.25, 0.3) is 0 Å². The van der Waals surface area contributed by atoms with Gasteiger partial charge in [0.15, 0.2) is 0 Å². The van der Waals surface area contributed by atoms with E-state index in [2.05, 4.69) is 16.0 Å². The molecule has 5 rings (SSSR count). The molecule has 0 bridgehead atoms. The highest BCUT2D eigenvalue weighted by atomic mass is 35.5. The number of anilines is 1. The standard InChI is InChI=1S/C28H31Cl2F2N3O4/c1-27(2,3)11-21-28(14-9-17(31)16(30)10-18(14)34-26(28)39)22(13-5-4-6-15(29)23(13)32)24(35-21)25(38)33-12-7-19(36)20(37)8-12/h4-6,9-10,12,19-22,24,35-37H,7-8,11H2,1-3H3,(H,33,38)(H,34,39)/t12?,19-,20+,21-,22+,24-,28+/m1/s1. The van der Waals surface area contributed by atoms with Crippen LogP contribution in [-0.2, 0) is 15.0 Å². The topological polar surface area (TPSA) is 111 Å². The van der Waals surface area contributed by atoms with Gasteiger partial charge in [-0.2, -0.15) is 0 Å². The quantitative estimate of drug-likeness (QED) is 0.374. The molecule has 1 saturated carbocycles. The highest BCUT2D eigenvalue weighted by Crippen LogP contribution is 2.57. The van der Waals surface area contributed by atoms with Crippen molar-refractivity contribution < 1.29 is 28.6 Å². The molecule has 2 fully saturated rings. The molecule has 1 saturated heterocycles. The first-order valence-corrected chi connectivity index (χ1v) is 13.7. The molecule has 7 nitrogen and oxygen atoms in total. The Morgan fingerprint density at radius 1 is 1.13 bits per heavy atom. The van der Waals surface area contributed by atoms with Gasteiger partial charge in [0.1, 0.15) is 17.0 Å². The van der Waals surface area contributed by atoms with Gasteiger partial charge < -0.3 is 26.2 Å². The second-order valence-corrected chi connectivity index (χ2v) is 12.8. The van der Waals surface area contributed by atoms with E-state index in [9.17, 15) is 24.2 Å². The van der Waals surface area contributed by atoms with E-state index in [0.29, 0.717) is 12.1 Å². The average molecular weight is 582 g/mol. The van der Waals surface area contributed by atoms with Gasteiger partial charge in [-0.1, -0.05) is 56.1 Å². The number of hydrogen-bond acceptors (Lipinski definition) is 5. The highest BCUT2D eigenvalue weighted by Gasteiger charge is 2.66. The molecule has 39 heavy (non-hydrogen) atoms. The van der Waals surface area contributed by atoms with E-state index in [1.54, 1.807) is 6.07 Å². The number of aliphatic hydroxyl groups is 2. The van der Waals surface area contributed by atoms with Crippen LogP contribution in [0, 0.1) is 17.0 Å². The number of rotatable bonds is 4. The van der Waals surface area contributed by atoms with Gasteiger partial charge in [-0.25, -0.2) is 8.78 Å². The van der Waals surface area contributed by atoms with Gasteiger partial charge in [0.25, 0.3) is 0 Å². The zero-order valence-corrected chi connectivity index (χ0v) is 23.2. The van der Waals surface area contributed by atoms with Crippen LogP contribution in [0.5, 0.6) is 0 Å². The van der Waals surface area contributed by atoms with Crippen LogP contribution in [0.15, 0.2) is 30.3 Å². The summed E-state index contributed by atoms with van der Waals surface area (Å²) >= 11 is 12.2. The van der Waals surface area contributed by atoms with E-state index in [0.717, 1.165) is 0 Å². The molecule has 2 aromatic rings. The number of carbonyl (C=O) groups is 2. The second-order valence-electron chi connectivity index (χ2n) is 12.0. The van der Waals surface area contributed by atoms with Crippen molar-refractivity contribution in [1.82, 2.24) is 10.6 Å². The lowest BCUT2D eigenvalue weighted by molar-refractivity contribution is -0.124. The zero-order chi connectivity index (χ0) is 28.4. The van der Waals surface area contributed by atoms with E-state index >= 15 is 4.39 Å². The summed E-state index contributed by atoms with van der Waals surface area (Å²) in [4.78, 5) is 27.9. The fourth-order valence-corrected chi connectivity index (χ4v) is 6.91. The molecular weight excluding hydrogens is 551 g/mol. The molecule has 2 amide bonds. The smallest absolute Gasteiger partial charge is 0.238 e. The summed E-state index contributed by atoms with van der Waals surface area (Å²) < 4.78 is 30.7. The molecule has 3 aliphatic rings. The Kier molecular flexibility index (Phi) is 7.21. The number of fused-ring (bicyclic) bond motifs is 2. The number of nitrogens with one attached hydrogen (secondary N) is 3. The summed E-state index contributed by atoms with van der Waals surface area (Å²) in [5.74, 6) is -3.68. The van der Waals surface area contributed by atoms with Crippen LogP contribution in [0.4, 0.5) is 14.5 Å². The van der Waals surface area contributed by atoms with Crippen LogP contribution < -0.4 is 16.0 Å². The van der Waals surface area contributed by atoms with Crippen LogP contribution in [-0.4, -0.2) is 52.4 Å². The Labute approximate surface area is 235 Å². The van der Waals surface area contributed by atoms with E-state index in [-0.39, 0.29) is 39.4 Å². The molecule has 5 N–H and O–H groups in total. The van der Waals surface area contributed by atoms with Gasteiger partial charge in [-0.15, -0.1) is 0 Å². The number of benzene rings is 2. The molecule has 7 atom stereocenters. The third-order valence-electron chi connectivity index (χ3n) is 8.14. The maximum atomic E-state index is 15.8. The monoisotopic (exact) mass is 581 g/mol. The lowest BCUT2D eigenvalue weighted by Crippen LogP contribution is -2.49. The number of halogens is 4. The SMILES string of the molecule is CC(C)(C)C[C@H]1N[C@@H](C(=O)NC2C[C@@H](O)[C@@H](O)C2)[C@H](c2cccc(Cl)c2F)[C@@]12C(=O)Nc1cc(Cl)c(F)cc12. The molecule has 0 aromatic heterocycles. The Morgan fingerprint density at radius 3 is 2.44 bits per heavy atom. The summed E-state index contributed by atoms with van der Waals surface area (Å²) in [5, 5.41) is 28.6. The van der Waals surface area contributed by atoms with E-state index in [4.69, 9.17) is 23.2 Å². The van der Waals surface area contributed by atoms with Crippen LogP contribution in [0.2, 0.25) is 10.0 Å². The van der Waals surface area contributed by atoms with Gasteiger partial charge in [-0.3, -0.25) is 9.59 Å². The maximum Gasteiger partial charge on any atom is 0.238 e. The van der Waals surface area contributed by atoms with E-state index < -0.39 is 65.1 Å². The third kappa shape index (κ3) is 4.72. The largest absolute Gasteiger partial charge is 0.390 e. The van der Waals surface area contributed by atoms with Crippen LogP contribution in [0.1, 0.15) is 57.1 Å². The predicted molar refractivity (Wildman–Crippen MR) is 144 cm³/mol. The first-order valence-electron chi connectivity index (χ1n) is 12.9. The first-order chi connectivity index (χ1) is 18.2. The van der Waals surface area contributed by atoms with E-state index in [1.807, 2.05) is 20.8 Å². The summed E-state index contributed by atoms with van der Waals surface area (Å²) in [6, 6.07) is 4.55. The van der Waals surface area contributed by atoms with Gasteiger partial charge in [0, 0.05) is 23.7 Å². The number of hydrogen-bond donors (Lipinski definition) is 5. The summed E-state index contributed by atoms with van der Waals surface area (Å²) in [6.07, 6.45) is -1.27.